The van der Waals surface area contributed by atoms with Gasteiger partial charge in [-0.25, -0.2) is 0 Å². The summed E-state index contributed by atoms with van der Waals surface area (Å²) < 4.78 is 0. The second-order valence-corrected chi connectivity index (χ2v) is 4.71. The lowest BCUT2D eigenvalue weighted by Gasteiger charge is -2.18. The average molecular weight is 239 g/mol. The minimum atomic E-state index is 0.401. The smallest absolute Gasteiger partial charge is 0.0360 e. The van der Waals surface area contributed by atoms with Crippen LogP contribution >= 0.6 is 0 Å². The fraction of sp³-hybridized carbons (Fsp3) is 0.294. The molecule has 0 heterocycles. The Kier molecular flexibility index (Phi) is 4.54. The molecular weight excluding hydrogens is 218 g/mol. The Bertz CT molecular complexity index is 459. The largest absolute Gasteiger partial charge is 0.310 e. The molecular formula is C17H21N. The molecule has 0 aromatic heterocycles. The maximum Gasteiger partial charge on any atom is 0.0360 e. The van der Waals surface area contributed by atoms with Gasteiger partial charge in [0.1, 0.15) is 0 Å². The number of aryl methyl sites for hydroxylation is 1. The van der Waals surface area contributed by atoms with Crippen molar-refractivity contribution in [1.82, 2.24) is 5.32 Å². The third-order valence-electron chi connectivity index (χ3n) is 3.21. The summed E-state index contributed by atoms with van der Waals surface area (Å²) >= 11 is 0. The fourth-order valence-corrected chi connectivity index (χ4v) is 2.20. The second-order valence-electron chi connectivity index (χ2n) is 4.71. The molecule has 1 N–H and O–H groups in total. The van der Waals surface area contributed by atoms with E-state index in [-0.39, 0.29) is 0 Å². The van der Waals surface area contributed by atoms with E-state index < -0.39 is 0 Å². The summed E-state index contributed by atoms with van der Waals surface area (Å²) in [6.45, 7) is 5.28. The van der Waals surface area contributed by atoms with Crippen LogP contribution in [0.5, 0.6) is 0 Å². The third kappa shape index (κ3) is 3.44. The van der Waals surface area contributed by atoms with Crippen LogP contribution < -0.4 is 5.32 Å². The Morgan fingerprint density at radius 3 is 2.22 bits per heavy atom. The van der Waals surface area contributed by atoms with Gasteiger partial charge in [-0.3, -0.25) is 0 Å². The Labute approximate surface area is 110 Å². The van der Waals surface area contributed by atoms with Crippen molar-refractivity contribution in [3.63, 3.8) is 0 Å². The first-order chi connectivity index (χ1) is 8.79. The standard InChI is InChI=1S/C17H21N/c1-3-18-17(13-15-7-5-4-6-8-15)16-11-9-14(2)10-12-16/h4-12,17-18H,3,13H2,1-2H3. The van der Waals surface area contributed by atoms with Gasteiger partial charge in [0.05, 0.1) is 0 Å². The summed E-state index contributed by atoms with van der Waals surface area (Å²) in [5, 5.41) is 3.57. The molecule has 0 aliphatic carbocycles. The first-order valence-corrected chi connectivity index (χ1v) is 6.63. The molecule has 2 aromatic carbocycles. The highest BCUT2D eigenvalue weighted by Crippen LogP contribution is 2.18. The molecule has 0 amide bonds. The molecule has 1 unspecified atom stereocenters. The minimum Gasteiger partial charge on any atom is -0.310 e. The zero-order chi connectivity index (χ0) is 12.8. The molecule has 0 aliphatic heterocycles. The summed E-state index contributed by atoms with van der Waals surface area (Å²) in [6, 6.07) is 19.9. The van der Waals surface area contributed by atoms with E-state index in [1.165, 1.54) is 16.7 Å². The molecule has 0 fully saturated rings. The van der Waals surface area contributed by atoms with Gasteiger partial charge in [-0.15, -0.1) is 0 Å². The lowest BCUT2D eigenvalue weighted by atomic mass is 9.98. The van der Waals surface area contributed by atoms with Crippen molar-refractivity contribution in [1.29, 1.82) is 0 Å². The van der Waals surface area contributed by atoms with Crippen molar-refractivity contribution >= 4 is 0 Å². The minimum absolute atomic E-state index is 0.401. The summed E-state index contributed by atoms with van der Waals surface area (Å²) in [5.74, 6) is 0. The van der Waals surface area contributed by atoms with E-state index in [0.29, 0.717) is 6.04 Å². The van der Waals surface area contributed by atoms with Crippen LogP contribution in [0.4, 0.5) is 0 Å². The van der Waals surface area contributed by atoms with Crippen molar-refractivity contribution in [3.8, 4) is 0 Å². The van der Waals surface area contributed by atoms with Gasteiger partial charge in [0.2, 0.25) is 0 Å². The van der Waals surface area contributed by atoms with E-state index in [4.69, 9.17) is 0 Å². The Morgan fingerprint density at radius 2 is 1.61 bits per heavy atom. The summed E-state index contributed by atoms with van der Waals surface area (Å²) in [7, 11) is 0. The number of hydrogen-bond acceptors (Lipinski definition) is 1. The van der Waals surface area contributed by atoms with Crippen LogP contribution in [-0.4, -0.2) is 6.54 Å². The van der Waals surface area contributed by atoms with E-state index in [1.807, 2.05) is 0 Å². The molecule has 0 aliphatic rings. The lowest BCUT2D eigenvalue weighted by molar-refractivity contribution is 0.550. The molecule has 1 nitrogen and oxygen atoms in total. The van der Waals surface area contributed by atoms with Crippen LogP contribution in [0.25, 0.3) is 0 Å². The number of rotatable bonds is 5. The molecule has 0 saturated carbocycles. The number of nitrogens with one attached hydrogen (secondary N) is 1. The number of hydrogen-bond donors (Lipinski definition) is 1. The topological polar surface area (TPSA) is 12.0 Å². The van der Waals surface area contributed by atoms with Gasteiger partial charge in [0.15, 0.2) is 0 Å². The second kappa shape index (κ2) is 6.36. The first kappa shape index (κ1) is 12.8. The van der Waals surface area contributed by atoms with E-state index in [0.717, 1.165) is 13.0 Å². The van der Waals surface area contributed by atoms with Gasteiger partial charge < -0.3 is 5.32 Å². The Morgan fingerprint density at radius 1 is 0.944 bits per heavy atom. The summed E-state index contributed by atoms with van der Waals surface area (Å²) in [6.07, 6.45) is 1.04. The molecule has 0 bridgehead atoms. The lowest BCUT2D eigenvalue weighted by Crippen LogP contribution is -2.22. The molecule has 0 radical (unpaired) electrons. The molecule has 2 aromatic rings. The van der Waals surface area contributed by atoms with Crippen molar-refractivity contribution in [3.05, 3.63) is 71.3 Å². The Hall–Kier alpha value is -1.60. The van der Waals surface area contributed by atoms with Crippen LogP contribution in [-0.2, 0) is 6.42 Å². The number of benzene rings is 2. The van der Waals surface area contributed by atoms with Crippen molar-refractivity contribution in [2.75, 3.05) is 6.54 Å². The van der Waals surface area contributed by atoms with Gasteiger partial charge >= 0.3 is 0 Å². The quantitative estimate of drug-likeness (QED) is 0.834. The van der Waals surface area contributed by atoms with E-state index in [9.17, 15) is 0 Å². The molecule has 18 heavy (non-hydrogen) atoms. The number of likely N-dealkylation sites (N-methyl/N-ethyl adjacent to an activating group) is 1. The van der Waals surface area contributed by atoms with Crippen molar-refractivity contribution in [2.24, 2.45) is 0 Å². The van der Waals surface area contributed by atoms with E-state index >= 15 is 0 Å². The highest BCUT2D eigenvalue weighted by molar-refractivity contribution is 5.26. The molecule has 0 saturated heterocycles. The first-order valence-electron chi connectivity index (χ1n) is 6.63. The van der Waals surface area contributed by atoms with Crippen LogP contribution in [0.15, 0.2) is 54.6 Å². The predicted molar refractivity (Wildman–Crippen MR) is 77.7 cm³/mol. The zero-order valence-electron chi connectivity index (χ0n) is 11.2. The monoisotopic (exact) mass is 239 g/mol. The summed E-state index contributed by atoms with van der Waals surface area (Å²) in [4.78, 5) is 0. The van der Waals surface area contributed by atoms with Gasteiger partial charge in [0.25, 0.3) is 0 Å². The maximum atomic E-state index is 3.57. The van der Waals surface area contributed by atoms with E-state index in [2.05, 4.69) is 73.8 Å². The SMILES string of the molecule is CCNC(Cc1ccccc1)c1ccc(C)cc1. The zero-order valence-corrected chi connectivity index (χ0v) is 11.2. The van der Waals surface area contributed by atoms with Crippen LogP contribution in [0.3, 0.4) is 0 Å². The van der Waals surface area contributed by atoms with Gasteiger partial charge in [-0.2, -0.15) is 0 Å². The van der Waals surface area contributed by atoms with Crippen LogP contribution in [0, 0.1) is 6.92 Å². The van der Waals surface area contributed by atoms with Crippen LogP contribution in [0.2, 0.25) is 0 Å². The maximum absolute atomic E-state index is 3.57. The predicted octanol–water partition coefficient (Wildman–Crippen LogP) is 3.89. The molecule has 1 atom stereocenters. The Balaban J connectivity index is 2.15. The van der Waals surface area contributed by atoms with Crippen LogP contribution in [0.1, 0.15) is 29.7 Å². The van der Waals surface area contributed by atoms with Crippen molar-refractivity contribution < 1.29 is 0 Å². The normalized spacial score (nSPS) is 12.3. The molecule has 2 rings (SSSR count). The molecule has 1 heteroatoms. The van der Waals surface area contributed by atoms with E-state index in [1.54, 1.807) is 0 Å². The molecule has 94 valence electrons. The average Bonchev–Trinajstić information content (AvgIpc) is 2.40. The molecule has 0 spiro atoms. The highest BCUT2D eigenvalue weighted by atomic mass is 14.9. The summed E-state index contributed by atoms with van der Waals surface area (Å²) in [5.41, 5.74) is 4.06. The fourth-order valence-electron chi connectivity index (χ4n) is 2.20. The van der Waals surface area contributed by atoms with Gasteiger partial charge in [-0.1, -0.05) is 67.1 Å². The van der Waals surface area contributed by atoms with Crippen molar-refractivity contribution in [2.45, 2.75) is 26.3 Å². The van der Waals surface area contributed by atoms with Gasteiger partial charge in [0, 0.05) is 6.04 Å². The third-order valence-corrected chi connectivity index (χ3v) is 3.21. The highest BCUT2D eigenvalue weighted by Gasteiger charge is 2.10. The van der Waals surface area contributed by atoms with Gasteiger partial charge in [-0.05, 0) is 31.0 Å².